The summed E-state index contributed by atoms with van der Waals surface area (Å²) < 4.78 is 11.7. The maximum atomic E-state index is 5.96. The molecule has 1 heterocycles. The molecule has 2 rings (SSSR count). The van der Waals surface area contributed by atoms with E-state index in [1.54, 1.807) is 6.07 Å². The third-order valence-electron chi connectivity index (χ3n) is 3.60. The molecule has 0 aliphatic carbocycles. The van der Waals surface area contributed by atoms with Gasteiger partial charge in [0.05, 0.1) is 11.2 Å². The van der Waals surface area contributed by atoms with Crippen LogP contribution in [-0.4, -0.2) is 18.3 Å². The molecule has 0 spiro atoms. The molecule has 0 N–H and O–H groups in total. The van der Waals surface area contributed by atoms with Gasteiger partial charge >= 0.3 is 7.12 Å². The van der Waals surface area contributed by atoms with E-state index in [2.05, 4.69) is 0 Å². The average Bonchev–Trinajstić information content (AvgIpc) is 2.43. The van der Waals surface area contributed by atoms with E-state index in [0.717, 1.165) is 5.56 Å². The highest BCUT2D eigenvalue weighted by molar-refractivity contribution is 6.52. The van der Waals surface area contributed by atoms with Crippen molar-refractivity contribution in [1.29, 1.82) is 0 Å². The summed E-state index contributed by atoms with van der Waals surface area (Å²) in [5.74, 6) is 1.87. The van der Waals surface area contributed by atoms with Crippen LogP contribution in [0.3, 0.4) is 0 Å². The van der Waals surface area contributed by atoms with Crippen LogP contribution in [0.4, 0.5) is 0 Å². The number of rotatable bonds is 2. The first-order chi connectivity index (χ1) is 8.69. The van der Waals surface area contributed by atoms with E-state index in [0.29, 0.717) is 10.0 Å². The van der Waals surface area contributed by atoms with Crippen LogP contribution in [0.2, 0.25) is 10.0 Å². The molecule has 0 atom stereocenters. The molecule has 1 fully saturated rings. The molecular weight excluding hydrogens is 282 g/mol. The third kappa shape index (κ3) is 3.35. The summed E-state index contributed by atoms with van der Waals surface area (Å²) in [5.41, 5.74) is 0.273. The van der Waals surface area contributed by atoms with Crippen molar-refractivity contribution in [2.24, 2.45) is 0 Å². The zero-order valence-electron chi connectivity index (χ0n) is 11.5. The second-order valence-electron chi connectivity index (χ2n) is 5.69. The Labute approximate surface area is 124 Å². The first-order valence-corrected chi connectivity index (χ1v) is 6.95. The van der Waals surface area contributed by atoms with Crippen molar-refractivity contribution in [2.75, 3.05) is 0 Å². The fraction of sp³-hybridized carbons (Fsp3) is 0.429. The van der Waals surface area contributed by atoms with Crippen LogP contribution in [0, 0.1) is 0 Å². The maximum absolute atomic E-state index is 5.96. The van der Waals surface area contributed by atoms with Gasteiger partial charge in [-0.15, -0.1) is 0 Å². The van der Waals surface area contributed by atoms with Crippen molar-refractivity contribution < 1.29 is 9.31 Å². The Hall–Kier alpha value is -0.475. The molecule has 0 aromatic heterocycles. The third-order valence-corrected chi connectivity index (χ3v) is 4.04. The number of benzene rings is 1. The van der Waals surface area contributed by atoms with E-state index in [9.17, 15) is 0 Å². The SMILES string of the molecule is CC1(C)OB(/C=C/c2cc(Cl)cc(Cl)c2)OC1(C)C. The number of hydrogen-bond donors (Lipinski definition) is 0. The molecule has 1 aliphatic heterocycles. The van der Waals surface area contributed by atoms with Crippen LogP contribution >= 0.6 is 23.2 Å². The monoisotopic (exact) mass is 298 g/mol. The van der Waals surface area contributed by atoms with Crippen molar-refractivity contribution in [1.82, 2.24) is 0 Å². The molecule has 0 bridgehead atoms. The highest BCUT2D eigenvalue weighted by atomic mass is 35.5. The standard InChI is InChI=1S/C14H17BCl2O2/c1-13(2)14(3,4)19-15(18-13)6-5-10-7-11(16)9-12(17)8-10/h5-9H,1-4H3/b6-5+. The Bertz CT molecular complexity index is 476. The fourth-order valence-corrected chi connectivity index (χ4v) is 2.37. The number of hydrogen-bond acceptors (Lipinski definition) is 2. The normalized spacial score (nSPS) is 21.3. The molecule has 1 saturated heterocycles. The van der Waals surface area contributed by atoms with Crippen molar-refractivity contribution >= 4 is 36.4 Å². The Morgan fingerprint density at radius 3 is 1.89 bits per heavy atom. The molecule has 0 saturated carbocycles. The summed E-state index contributed by atoms with van der Waals surface area (Å²) >= 11 is 11.9. The summed E-state index contributed by atoms with van der Waals surface area (Å²) in [6, 6.07) is 5.39. The van der Waals surface area contributed by atoms with Gasteiger partial charge in [-0.05, 0) is 51.5 Å². The van der Waals surface area contributed by atoms with Crippen LogP contribution in [0.25, 0.3) is 6.08 Å². The summed E-state index contributed by atoms with van der Waals surface area (Å²) in [6.45, 7) is 8.10. The predicted molar refractivity (Wildman–Crippen MR) is 81.6 cm³/mol. The minimum Gasteiger partial charge on any atom is -0.400 e. The van der Waals surface area contributed by atoms with Crippen LogP contribution in [0.5, 0.6) is 0 Å². The Morgan fingerprint density at radius 2 is 1.42 bits per heavy atom. The Morgan fingerprint density at radius 1 is 0.947 bits per heavy atom. The molecule has 0 unspecified atom stereocenters. The minimum atomic E-state index is -0.359. The van der Waals surface area contributed by atoms with Crippen molar-refractivity contribution in [3.63, 3.8) is 0 Å². The molecule has 1 aromatic carbocycles. The fourth-order valence-electron chi connectivity index (χ4n) is 1.83. The van der Waals surface area contributed by atoms with E-state index in [1.807, 2.05) is 51.9 Å². The lowest BCUT2D eigenvalue weighted by Crippen LogP contribution is -2.41. The van der Waals surface area contributed by atoms with Crippen molar-refractivity contribution in [3.05, 3.63) is 39.8 Å². The molecule has 1 aliphatic rings. The van der Waals surface area contributed by atoms with Gasteiger partial charge in [0.25, 0.3) is 0 Å². The summed E-state index contributed by atoms with van der Waals surface area (Å²) in [5, 5.41) is 1.22. The highest BCUT2D eigenvalue weighted by Gasteiger charge is 2.49. The Balaban J connectivity index is 2.12. The van der Waals surface area contributed by atoms with E-state index in [4.69, 9.17) is 32.5 Å². The summed E-state index contributed by atoms with van der Waals surface area (Å²) in [6.07, 6.45) is 1.90. The lowest BCUT2D eigenvalue weighted by Gasteiger charge is -2.32. The van der Waals surface area contributed by atoms with Gasteiger partial charge in [0.2, 0.25) is 0 Å². The second kappa shape index (κ2) is 5.14. The van der Waals surface area contributed by atoms with Crippen molar-refractivity contribution in [3.8, 4) is 0 Å². The van der Waals surface area contributed by atoms with Gasteiger partial charge in [0.15, 0.2) is 0 Å². The lowest BCUT2D eigenvalue weighted by molar-refractivity contribution is 0.00578. The van der Waals surface area contributed by atoms with Gasteiger partial charge < -0.3 is 9.31 Å². The highest BCUT2D eigenvalue weighted by Crippen LogP contribution is 2.37. The Kier molecular flexibility index (Phi) is 4.03. The quantitative estimate of drug-likeness (QED) is 0.741. The van der Waals surface area contributed by atoms with Gasteiger partial charge in [0, 0.05) is 10.0 Å². The number of halogens is 2. The molecule has 2 nitrogen and oxygen atoms in total. The van der Waals surface area contributed by atoms with E-state index >= 15 is 0 Å². The zero-order valence-corrected chi connectivity index (χ0v) is 13.0. The van der Waals surface area contributed by atoms with Crippen LogP contribution in [-0.2, 0) is 9.31 Å². The largest absolute Gasteiger partial charge is 0.487 e. The second-order valence-corrected chi connectivity index (χ2v) is 6.56. The van der Waals surface area contributed by atoms with Gasteiger partial charge in [-0.1, -0.05) is 35.3 Å². The van der Waals surface area contributed by atoms with Gasteiger partial charge in [-0.2, -0.15) is 0 Å². The smallest absolute Gasteiger partial charge is 0.400 e. The van der Waals surface area contributed by atoms with Crippen LogP contribution in [0.15, 0.2) is 24.2 Å². The first-order valence-electron chi connectivity index (χ1n) is 6.20. The molecule has 102 valence electrons. The maximum Gasteiger partial charge on any atom is 0.487 e. The predicted octanol–water partition coefficient (Wildman–Crippen LogP) is 4.64. The molecule has 19 heavy (non-hydrogen) atoms. The van der Waals surface area contributed by atoms with Gasteiger partial charge in [-0.3, -0.25) is 0 Å². The van der Waals surface area contributed by atoms with E-state index in [-0.39, 0.29) is 18.3 Å². The van der Waals surface area contributed by atoms with Crippen LogP contribution in [0.1, 0.15) is 33.3 Å². The van der Waals surface area contributed by atoms with Crippen molar-refractivity contribution in [2.45, 2.75) is 38.9 Å². The summed E-state index contributed by atoms with van der Waals surface area (Å²) in [7, 11) is -0.359. The summed E-state index contributed by atoms with van der Waals surface area (Å²) in [4.78, 5) is 0. The minimum absolute atomic E-state index is 0.325. The van der Waals surface area contributed by atoms with Gasteiger partial charge in [-0.25, -0.2) is 0 Å². The average molecular weight is 299 g/mol. The van der Waals surface area contributed by atoms with Gasteiger partial charge in [0.1, 0.15) is 0 Å². The zero-order chi connectivity index (χ0) is 14.3. The lowest BCUT2D eigenvalue weighted by atomic mass is 9.89. The molecule has 0 radical (unpaired) electrons. The topological polar surface area (TPSA) is 18.5 Å². The molecule has 0 amide bonds. The first kappa shape index (κ1) is 14.9. The molecule has 1 aromatic rings. The van der Waals surface area contributed by atoms with E-state index in [1.165, 1.54) is 0 Å². The molecular formula is C14H17BCl2O2. The van der Waals surface area contributed by atoms with E-state index < -0.39 is 0 Å². The van der Waals surface area contributed by atoms with Crippen LogP contribution < -0.4 is 0 Å². The molecule has 5 heteroatoms.